The molecule has 0 spiro atoms. The summed E-state index contributed by atoms with van der Waals surface area (Å²) < 4.78 is 0. The summed E-state index contributed by atoms with van der Waals surface area (Å²) in [6.07, 6.45) is 5.21. The third-order valence-corrected chi connectivity index (χ3v) is 4.22. The van der Waals surface area contributed by atoms with E-state index in [4.69, 9.17) is 12.2 Å². The van der Waals surface area contributed by atoms with Gasteiger partial charge in [-0.1, -0.05) is 66.8 Å². The molecule has 0 nitrogen and oxygen atoms in total. The number of fused-ring (bicyclic) bond motifs is 6. The van der Waals surface area contributed by atoms with Crippen molar-refractivity contribution in [2.24, 2.45) is 0 Å². The monoisotopic (exact) mass is 260 g/mol. The fourth-order valence-electron chi connectivity index (χ4n) is 3.07. The maximum atomic E-state index is 5.56. The Balaban J connectivity index is 2.33. The summed E-state index contributed by atoms with van der Waals surface area (Å²) in [5.41, 5.74) is 2.63. The molecule has 19 heavy (non-hydrogen) atoms. The smallest absolute Gasteiger partial charge is 0.0455 e. The zero-order valence-electron chi connectivity index (χ0n) is 10.4. The fourth-order valence-corrected chi connectivity index (χ4v) is 3.40. The van der Waals surface area contributed by atoms with E-state index in [1.807, 2.05) is 0 Å². The summed E-state index contributed by atoms with van der Waals surface area (Å²) in [7, 11) is 0. The van der Waals surface area contributed by atoms with E-state index in [9.17, 15) is 0 Å². The molecule has 1 heteroatoms. The number of rotatable bonds is 0. The molecule has 3 aromatic rings. The van der Waals surface area contributed by atoms with E-state index in [-0.39, 0.29) is 0 Å². The van der Waals surface area contributed by atoms with Crippen LogP contribution in [0.3, 0.4) is 0 Å². The van der Waals surface area contributed by atoms with Crippen LogP contribution in [0, 0.1) is 0 Å². The van der Waals surface area contributed by atoms with Gasteiger partial charge < -0.3 is 0 Å². The number of hydrogen-bond donors (Lipinski definition) is 0. The van der Waals surface area contributed by atoms with Crippen molar-refractivity contribution in [3.05, 3.63) is 71.8 Å². The second-order valence-electron chi connectivity index (χ2n) is 4.92. The van der Waals surface area contributed by atoms with Crippen molar-refractivity contribution >= 4 is 38.6 Å². The third-order valence-electron chi connectivity index (χ3n) is 3.88. The predicted octanol–water partition coefficient (Wildman–Crippen LogP) is 4.82. The standard InChI is InChI=1S/C18H12S/c19-17-11-5-10-16-14-7-2-1-6-12(14)13-8-3-4-9-15(13)18(16)17/h1-9,11H,10H2. The fraction of sp³-hybridized carbons (Fsp3) is 0.0556. The van der Waals surface area contributed by atoms with E-state index in [2.05, 4.69) is 60.7 Å². The maximum absolute atomic E-state index is 5.56. The first kappa shape index (κ1) is 10.9. The molecule has 0 amide bonds. The molecule has 0 radical (unpaired) electrons. The van der Waals surface area contributed by atoms with E-state index >= 15 is 0 Å². The Morgan fingerprint density at radius 2 is 1.32 bits per heavy atom. The molecule has 0 N–H and O–H groups in total. The van der Waals surface area contributed by atoms with Crippen LogP contribution in [0.1, 0.15) is 11.1 Å². The minimum atomic E-state index is 0.961. The van der Waals surface area contributed by atoms with Crippen LogP contribution in [0.2, 0.25) is 0 Å². The first-order valence-corrected chi connectivity index (χ1v) is 6.90. The topological polar surface area (TPSA) is 0 Å². The van der Waals surface area contributed by atoms with Crippen LogP contribution in [0.5, 0.6) is 0 Å². The normalized spacial score (nSPS) is 14.0. The highest BCUT2D eigenvalue weighted by atomic mass is 32.1. The lowest BCUT2D eigenvalue weighted by molar-refractivity contribution is 1.29. The van der Waals surface area contributed by atoms with Crippen LogP contribution in [0.25, 0.3) is 21.5 Å². The highest BCUT2D eigenvalue weighted by molar-refractivity contribution is 7.81. The Hall–Kier alpha value is -1.99. The summed E-state index contributed by atoms with van der Waals surface area (Å²) in [5, 5.41) is 5.25. The number of allylic oxidation sites excluding steroid dienone is 2. The lowest BCUT2D eigenvalue weighted by Crippen LogP contribution is -2.06. The second kappa shape index (κ2) is 4.01. The molecule has 90 valence electrons. The SMILES string of the molecule is S=C1C=CCc2c1c1ccccc1c1ccccc21. The number of thiocarbonyl (C=S) groups is 1. The summed E-state index contributed by atoms with van der Waals surface area (Å²) in [4.78, 5) is 0.961. The zero-order valence-corrected chi connectivity index (χ0v) is 11.2. The molecule has 3 aromatic carbocycles. The van der Waals surface area contributed by atoms with Crippen molar-refractivity contribution < 1.29 is 0 Å². The minimum Gasteiger partial charge on any atom is -0.0794 e. The molecule has 0 saturated carbocycles. The summed E-state index contributed by atoms with van der Waals surface area (Å²) in [6, 6.07) is 17.2. The van der Waals surface area contributed by atoms with Crippen molar-refractivity contribution in [1.82, 2.24) is 0 Å². The number of hydrogen-bond acceptors (Lipinski definition) is 1. The van der Waals surface area contributed by atoms with E-state index < -0.39 is 0 Å². The van der Waals surface area contributed by atoms with E-state index in [0.717, 1.165) is 11.3 Å². The van der Waals surface area contributed by atoms with Gasteiger partial charge in [-0.3, -0.25) is 0 Å². The molecule has 4 rings (SSSR count). The molecule has 0 fully saturated rings. The van der Waals surface area contributed by atoms with Crippen molar-refractivity contribution in [1.29, 1.82) is 0 Å². The first-order valence-electron chi connectivity index (χ1n) is 6.49. The summed E-state index contributed by atoms with van der Waals surface area (Å²) in [6.45, 7) is 0. The molecule has 0 atom stereocenters. The van der Waals surface area contributed by atoms with Crippen molar-refractivity contribution in [2.75, 3.05) is 0 Å². The first-order chi connectivity index (χ1) is 9.36. The van der Waals surface area contributed by atoms with Crippen molar-refractivity contribution in [3.63, 3.8) is 0 Å². The van der Waals surface area contributed by atoms with Crippen LogP contribution in [-0.4, -0.2) is 4.86 Å². The van der Waals surface area contributed by atoms with Crippen LogP contribution in [-0.2, 0) is 6.42 Å². The molecular weight excluding hydrogens is 248 g/mol. The predicted molar refractivity (Wildman–Crippen MR) is 86.0 cm³/mol. The van der Waals surface area contributed by atoms with Gasteiger partial charge in [0.1, 0.15) is 0 Å². The highest BCUT2D eigenvalue weighted by Gasteiger charge is 2.17. The lowest BCUT2D eigenvalue weighted by Gasteiger charge is -2.18. The quantitative estimate of drug-likeness (QED) is 0.412. The van der Waals surface area contributed by atoms with Gasteiger partial charge in [0, 0.05) is 10.4 Å². The van der Waals surface area contributed by atoms with Crippen molar-refractivity contribution in [3.8, 4) is 0 Å². The van der Waals surface area contributed by atoms with Gasteiger partial charge >= 0.3 is 0 Å². The van der Waals surface area contributed by atoms with Gasteiger partial charge in [0.2, 0.25) is 0 Å². The Bertz CT molecular complexity index is 856. The van der Waals surface area contributed by atoms with E-state index in [1.54, 1.807) is 0 Å². The zero-order chi connectivity index (χ0) is 12.8. The Labute approximate surface area is 117 Å². The van der Waals surface area contributed by atoms with Gasteiger partial charge in [-0.25, -0.2) is 0 Å². The number of benzene rings is 3. The van der Waals surface area contributed by atoms with Gasteiger partial charge in [-0.05, 0) is 39.6 Å². The Morgan fingerprint density at radius 3 is 2.05 bits per heavy atom. The lowest BCUT2D eigenvalue weighted by atomic mass is 9.86. The Morgan fingerprint density at radius 1 is 0.737 bits per heavy atom. The summed E-state index contributed by atoms with van der Waals surface area (Å²) in [5.74, 6) is 0. The van der Waals surface area contributed by atoms with E-state index in [1.165, 1.54) is 32.7 Å². The average molecular weight is 260 g/mol. The van der Waals surface area contributed by atoms with Crippen molar-refractivity contribution in [2.45, 2.75) is 6.42 Å². The van der Waals surface area contributed by atoms with Crippen LogP contribution >= 0.6 is 12.2 Å². The van der Waals surface area contributed by atoms with E-state index in [0.29, 0.717) is 0 Å². The van der Waals surface area contributed by atoms with Crippen LogP contribution < -0.4 is 0 Å². The molecule has 0 unspecified atom stereocenters. The van der Waals surface area contributed by atoms with Gasteiger partial charge in [-0.2, -0.15) is 0 Å². The molecule has 0 aliphatic heterocycles. The summed E-state index contributed by atoms with van der Waals surface area (Å²) >= 11 is 5.56. The van der Waals surface area contributed by atoms with Gasteiger partial charge in [0.25, 0.3) is 0 Å². The van der Waals surface area contributed by atoms with Gasteiger partial charge in [0.15, 0.2) is 0 Å². The van der Waals surface area contributed by atoms with Crippen LogP contribution in [0.15, 0.2) is 60.7 Å². The second-order valence-corrected chi connectivity index (χ2v) is 5.36. The largest absolute Gasteiger partial charge is 0.0794 e. The minimum absolute atomic E-state index is 0.961. The Kier molecular flexibility index (Phi) is 2.30. The van der Waals surface area contributed by atoms with Crippen LogP contribution in [0.4, 0.5) is 0 Å². The maximum Gasteiger partial charge on any atom is 0.0455 e. The molecule has 0 heterocycles. The van der Waals surface area contributed by atoms with Gasteiger partial charge in [0.05, 0.1) is 0 Å². The molecule has 0 aromatic heterocycles. The molecular formula is C18H12S. The third kappa shape index (κ3) is 1.48. The molecule has 0 saturated heterocycles. The molecule has 1 aliphatic rings. The van der Waals surface area contributed by atoms with Gasteiger partial charge in [-0.15, -0.1) is 0 Å². The molecule has 1 aliphatic carbocycles. The highest BCUT2D eigenvalue weighted by Crippen LogP contribution is 2.35. The average Bonchev–Trinajstić information content (AvgIpc) is 2.47. The molecule has 0 bridgehead atoms.